The Morgan fingerprint density at radius 1 is 0.382 bits per heavy atom. The highest BCUT2D eigenvalue weighted by molar-refractivity contribution is 6.26. The summed E-state index contributed by atoms with van der Waals surface area (Å²) in [6.45, 7) is 1.41. The van der Waals surface area contributed by atoms with Crippen molar-refractivity contribution in [3.8, 4) is 72.8 Å². The summed E-state index contributed by atoms with van der Waals surface area (Å²) in [4.78, 5) is 23.2. The van der Waals surface area contributed by atoms with Crippen LogP contribution in [0.2, 0.25) is 0 Å². The lowest BCUT2D eigenvalue weighted by Crippen LogP contribution is -2.50. The van der Waals surface area contributed by atoms with E-state index in [2.05, 4.69) is 25.3 Å². The molecule has 1 aliphatic heterocycles. The third kappa shape index (κ3) is 3.95. The molecule has 3 heterocycles. The summed E-state index contributed by atoms with van der Waals surface area (Å²) < 4.78 is 0. The quantitative estimate of drug-likeness (QED) is 0.177. The lowest BCUT2D eigenvalue weighted by Gasteiger charge is -2.39. The molecule has 2 aromatic heterocycles. The Morgan fingerprint density at radius 2 is 0.745 bits per heavy atom. The summed E-state index contributed by atoms with van der Waals surface area (Å²) >= 11 is 0. The van der Waals surface area contributed by atoms with Crippen LogP contribution < -0.4 is 5.32 Å². The maximum Gasteiger partial charge on any atom is 0.120 e. The van der Waals surface area contributed by atoms with E-state index in [1.807, 2.05) is 42.5 Å². The molecule has 1 N–H and O–H groups in total. The Kier molecular flexibility index (Phi) is 7.03. The van der Waals surface area contributed by atoms with Crippen molar-refractivity contribution in [1.29, 1.82) is 63.1 Å². The number of hydrogen-bond acceptors (Lipinski definition) is 18. The van der Waals surface area contributed by atoms with Crippen molar-refractivity contribution in [2.45, 2.75) is 12.5 Å². The average molecular weight is 701 g/mol. The van der Waals surface area contributed by atoms with Gasteiger partial charge >= 0.3 is 0 Å². The molecule has 55 heavy (non-hydrogen) atoms. The molecule has 2 aliphatic rings. The van der Waals surface area contributed by atoms with Crippen molar-refractivity contribution < 1.29 is 0 Å². The van der Waals surface area contributed by atoms with Gasteiger partial charge in [0.05, 0.1) is 84.3 Å². The lowest BCUT2D eigenvalue weighted by molar-refractivity contribution is 0.794. The summed E-state index contributed by atoms with van der Waals surface area (Å²) in [6, 6.07) is 21.7. The molecule has 1 atom stereocenters. The fourth-order valence-corrected chi connectivity index (χ4v) is 6.69. The maximum absolute atomic E-state index is 10.3. The van der Waals surface area contributed by atoms with Crippen molar-refractivity contribution in [3.63, 3.8) is 0 Å². The smallest absolute Gasteiger partial charge is 0.120 e. The van der Waals surface area contributed by atoms with Crippen LogP contribution in [0.15, 0.2) is 27.3 Å². The molecular weight excluding hydrogens is 697 g/mol. The molecule has 1 unspecified atom stereocenters. The first-order valence-electron chi connectivity index (χ1n) is 14.9. The zero-order chi connectivity index (χ0) is 39.5. The van der Waals surface area contributed by atoms with E-state index in [1.54, 1.807) is 30.3 Å². The molecule has 0 amide bonds. The van der Waals surface area contributed by atoms with Crippen LogP contribution in [-0.4, -0.2) is 31.2 Å². The average Bonchev–Trinajstić information content (AvgIpc) is 3.21. The molecule has 1 aliphatic carbocycles. The second-order valence-corrected chi connectivity index (χ2v) is 11.5. The number of nitriles is 12. The topological polar surface area (TPSA) is 361 Å². The molecule has 18 nitrogen and oxygen atoms in total. The number of hydrogen-bond donors (Lipinski definition) is 1. The van der Waals surface area contributed by atoms with Gasteiger partial charge in [-0.25, -0.2) is 24.9 Å². The largest absolute Gasteiger partial charge is 0.366 e. The molecule has 0 saturated heterocycles. The van der Waals surface area contributed by atoms with Gasteiger partial charge in [0.25, 0.3) is 0 Å². The van der Waals surface area contributed by atoms with Gasteiger partial charge in [0.15, 0.2) is 0 Å². The Morgan fingerprint density at radius 3 is 1.11 bits per heavy atom. The zero-order valence-corrected chi connectivity index (χ0v) is 27.1. The molecule has 18 heteroatoms. The van der Waals surface area contributed by atoms with E-state index in [0.29, 0.717) is 0 Å². The molecule has 0 saturated carbocycles. The highest BCUT2D eigenvalue weighted by atomic mass is 15.1. The Bertz CT molecular complexity index is 3500. The minimum atomic E-state index is -1.82. The van der Waals surface area contributed by atoms with Crippen LogP contribution >= 0.6 is 0 Å². The van der Waals surface area contributed by atoms with Crippen molar-refractivity contribution in [3.05, 3.63) is 66.8 Å². The normalized spacial score (nSPS) is 15.0. The fourth-order valence-electron chi connectivity index (χ4n) is 6.69. The van der Waals surface area contributed by atoms with E-state index in [0.717, 1.165) is 0 Å². The van der Waals surface area contributed by atoms with Gasteiger partial charge in [-0.1, -0.05) is 0 Å². The first-order valence-corrected chi connectivity index (χ1v) is 14.9. The van der Waals surface area contributed by atoms with Gasteiger partial charge in [-0.3, -0.25) is 0 Å². The number of aliphatic imine (C=N–C) groups is 1. The SMILES string of the molecule is CC12Nc3c(c4nc5c(C#N)c(C#N)c(C#N)c(C#N)c5nc4c4nc5c(C#N)c(C#N)c(C#N)c(C#N)c5nc34)N=C1C(C#N)=C(C#N)C(C#N)=C2C#N. The van der Waals surface area contributed by atoms with Gasteiger partial charge in [0.2, 0.25) is 0 Å². The van der Waals surface area contributed by atoms with Crippen LogP contribution in [0.4, 0.5) is 11.4 Å². The highest BCUT2D eigenvalue weighted by Gasteiger charge is 2.48. The summed E-state index contributed by atoms with van der Waals surface area (Å²) in [6.07, 6.45) is 0. The van der Waals surface area contributed by atoms with Crippen LogP contribution in [0, 0.1) is 136 Å². The number of aromatic nitrogens is 4. The molecule has 0 radical (unpaired) electrons. The van der Waals surface area contributed by atoms with Crippen molar-refractivity contribution in [1.82, 2.24) is 19.9 Å². The van der Waals surface area contributed by atoms with Gasteiger partial charge in [0, 0.05) is 0 Å². The molecular formula is C37H4N18. The second kappa shape index (κ2) is 11.6. The predicted octanol–water partition coefficient (Wildman–Crippen LogP) is 3.81. The Balaban J connectivity index is 1.85. The second-order valence-electron chi connectivity index (χ2n) is 11.5. The number of anilines is 1. The molecule has 3 aromatic carbocycles. The number of benzene rings is 3. The van der Waals surface area contributed by atoms with Gasteiger partial charge < -0.3 is 5.32 Å². The molecule has 7 rings (SSSR count). The molecule has 0 bridgehead atoms. The highest BCUT2D eigenvalue weighted by Crippen LogP contribution is 2.49. The summed E-state index contributed by atoms with van der Waals surface area (Å²) in [5.74, 6) is 0. The molecule has 0 fully saturated rings. The van der Waals surface area contributed by atoms with Gasteiger partial charge in [-0.15, -0.1) is 0 Å². The summed E-state index contributed by atoms with van der Waals surface area (Å²) in [5.41, 5.74) is -9.60. The maximum atomic E-state index is 10.3. The predicted molar refractivity (Wildman–Crippen MR) is 181 cm³/mol. The molecule has 242 valence electrons. The van der Waals surface area contributed by atoms with Crippen molar-refractivity contribution >= 4 is 61.2 Å². The van der Waals surface area contributed by atoms with Crippen LogP contribution in [-0.2, 0) is 0 Å². The van der Waals surface area contributed by atoms with Gasteiger partial charge in [-0.05, 0) is 6.92 Å². The third-order valence-corrected chi connectivity index (χ3v) is 9.06. The summed E-state index contributed by atoms with van der Waals surface area (Å²) in [7, 11) is 0. The standard InChI is InChI=1S/C37H4N18/c1-37-25(13-49)19(7-43)18(6-42)24(12-48)36(37)54-34-32-30(50-26-20(8-44)14(2-38)15(3-39)21(9-45)27(26)52-32)31-33(35(34)55-37)53-29-23(11-47)17(5-41)16(4-40)22(10-46)28(29)51-31/h55H,1H3. The van der Waals surface area contributed by atoms with Gasteiger partial charge in [-0.2, -0.15) is 63.1 Å². The molecule has 5 aromatic rings. The number of nitrogens with zero attached hydrogens (tertiary/aromatic N) is 17. The van der Waals surface area contributed by atoms with E-state index in [9.17, 15) is 63.1 Å². The lowest BCUT2D eigenvalue weighted by atomic mass is 9.72. The van der Waals surface area contributed by atoms with Crippen LogP contribution in [0.1, 0.15) is 51.4 Å². The monoisotopic (exact) mass is 700 g/mol. The number of nitrogens with one attached hydrogen (secondary N) is 1. The van der Waals surface area contributed by atoms with E-state index >= 15 is 0 Å². The van der Waals surface area contributed by atoms with Crippen LogP contribution in [0.25, 0.3) is 44.1 Å². The number of fused-ring (bicyclic) bond motifs is 9. The Labute approximate surface area is 306 Å². The number of rotatable bonds is 0. The third-order valence-electron chi connectivity index (χ3n) is 9.06. The fraction of sp³-hybridized carbons (Fsp3) is 0.0541. The number of allylic oxidation sites excluding steroid dienone is 2. The van der Waals surface area contributed by atoms with Gasteiger partial charge in [0.1, 0.15) is 122 Å². The van der Waals surface area contributed by atoms with E-state index in [4.69, 9.17) is 4.99 Å². The summed E-state index contributed by atoms with van der Waals surface area (Å²) in [5, 5.41) is 124. The van der Waals surface area contributed by atoms with Crippen molar-refractivity contribution in [2.75, 3.05) is 5.32 Å². The zero-order valence-electron chi connectivity index (χ0n) is 27.1. The minimum Gasteiger partial charge on any atom is -0.366 e. The first-order chi connectivity index (χ1) is 26.6. The van der Waals surface area contributed by atoms with Crippen LogP contribution in [0.3, 0.4) is 0 Å². The van der Waals surface area contributed by atoms with E-state index < -0.39 is 61.2 Å². The van der Waals surface area contributed by atoms with Crippen molar-refractivity contribution in [2.24, 2.45) is 4.99 Å². The van der Waals surface area contributed by atoms with E-state index in [1.165, 1.54) is 6.92 Å². The Hall–Kier alpha value is -10.3. The molecule has 0 spiro atoms. The van der Waals surface area contributed by atoms with E-state index in [-0.39, 0.29) is 72.4 Å². The minimum absolute atomic E-state index is 0.113. The first kappa shape index (κ1) is 33.2. The van der Waals surface area contributed by atoms with Crippen LogP contribution in [0.5, 0.6) is 0 Å².